The van der Waals surface area contributed by atoms with Crippen molar-refractivity contribution in [2.45, 2.75) is 26.3 Å². The first-order chi connectivity index (χ1) is 9.10. The third kappa shape index (κ3) is 3.36. The molecule has 2 heteroatoms. The van der Waals surface area contributed by atoms with Crippen LogP contribution in [0.3, 0.4) is 0 Å². The molecule has 2 nitrogen and oxygen atoms in total. The molecule has 2 aromatic carbocycles. The van der Waals surface area contributed by atoms with Crippen LogP contribution in [0.4, 0.5) is 0 Å². The van der Waals surface area contributed by atoms with E-state index in [9.17, 15) is 0 Å². The van der Waals surface area contributed by atoms with Gasteiger partial charge in [-0.05, 0) is 49.1 Å². The molecule has 2 N–H and O–H groups in total. The molecule has 1 atom stereocenters. The summed E-state index contributed by atoms with van der Waals surface area (Å²) in [5.74, 6) is 0.864. The lowest BCUT2D eigenvalue weighted by molar-refractivity contribution is 0.414. The quantitative estimate of drug-likeness (QED) is 0.906. The molecular weight excluding hydrogens is 234 g/mol. The summed E-state index contributed by atoms with van der Waals surface area (Å²) in [7, 11) is 1.67. The van der Waals surface area contributed by atoms with Crippen molar-refractivity contribution in [1.82, 2.24) is 0 Å². The molecule has 0 spiro atoms. The second-order valence-corrected chi connectivity index (χ2v) is 5.01. The Morgan fingerprint density at radius 2 is 1.74 bits per heavy atom. The molecule has 0 aliphatic heterocycles. The number of hydrogen-bond donors (Lipinski definition) is 1. The van der Waals surface area contributed by atoms with Crippen LogP contribution < -0.4 is 10.5 Å². The van der Waals surface area contributed by atoms with Gasteiger partial charge < -0.3 is 10.5 Å². The summed E-state index contributed by atoms with van der Waals surface area (Å²) >= 11 is 0. The first kappa shape index (κ1) is 13.6. The maximum atomic E-state index is 6.30. The Morgan fingerprint density at radius 3 is 2.37 bits per heavy atom. The van der Waals surface area contributed by atoms with Crippen molar-refractivity contribution in [3.8, 4) is 5.75 Å². The van der Waals surface area contributed by atoms with E-state index in [0.717, 1.165) is 17.7 Å². The van der Waals surface area contributed by atoms with Gasteiger partial charge in [-0.2, -0.15) is 0 Å². The second-order valence-electron chi connectivity index (χ2n) is 5.01. The van der Waals surface area contributed by atoms with Gasteiger partial charge in [-0.15, -0.1) is 0 Å². The fourth-order valence-corrected chi connectivity index (χ4v) is 2.23. The van der Waals surface area contributed by atoms with Gasteiger partial charge in [0.2, 0.25) is 0 Å². The molecule has 19 heavy (non-hydrogen) atoms. The van der Waals surface area contributed by atoms with Gasteiger partial charge in [0.1, 0.15) is 5.75 Å². The number of hydrogen-bond acceptors (Lipinski definition) is 2. The van der Waals surface area contributed by atoms with Gasteiger partial charge in [-0.3, -0.25) is 0 Å². The fraction of sp³-hybridized carbons (Fsp3) is 0.294. The molecule has 0 bridgehead atoms. The van der Waals surface area contributed by atoms with Crippen molar-refractivity contribution in [2.75, 3.05) is 7.11 Å². The van der Waals surface area contributed by atoms with E-state index in [1.165, 1.54) is 16.7 Å². The van der Waals surface area contributed by atoms with Gasteiger partial charge in [0.25, 0.3) is 0 Å². The molecule has 0 saturated carbocycles. The summed E-state index contributed by atoms with van der Waals surface area (Å²) < 4.78 is 5.16. The Morgan fingerprint density at radius 1 is 1.05 bits per heavy atom. The lowest BCUT2D eigenvalue weighted by atomic mass is 9.95. The summed E-state index contributed by atoms with van der Waals surface area (Å²) in [6.07, 6.45) is 0.861. The minimum Gasteiger partial charge on any atom is -0.497 e. The summed E-state index contributed by atoms with van der Waals surface area (Å²) in [5.41, 5.74) is 11.3. The Bertz CT molecular complexity index is 546. The van der Waals surface area contributed by atoms with Crippen molar-refractivity contribution >= 4 is 0 Å². The van der Waals surface area contributed by atoms with Crippen molar-refractivity contribution in [1.29, 1.82) is 0 Å². The number of ether oxygens (including phenoxy) is 1. The highest BCUT2D eigenvalue weighted by atomic mass is 16.5. The summed E-state index contributed by atoms with van der Waals surface area (Å²) in [6.45, 7) is 4.25. The van der Waals surface area contributed by atoms with E-state index in [1.54, 1.807) is 7.11 Å². The summed E-state index contributed by atoms with van der Waals surface area (Å²) in [4.78, 5) is 0. The smallest absolute Gasteiger partial charge is 0.118 e. The summed E-state index contributed by atoms with van der Waals surface area (Å²) in [6, 6.07) is 14.5. The molecule has 0 amide bonds. The van der Waals surface area contributed by atoms with Gasteiger partial charge in [0.15, 0.2) is 0 Å². The third-order valence-electron chi connectivity index (χ3n) is 3.49. The highest BCUT2D eigenvalue weighted by Gasteiger charge is 2.09. The number of nitrogens with two attached hydrogens (primary N) is 1. The van der Waals surface area contributed by atoms with Crippen LogP contribution in [0.5, 0.6) is 5.75 Å². The van der Waals surface area contributed by atoms with Crippen molar-refractivity contribution in [2.24, 2.45) is 5.73 Å². The number of methoxy groups -OCH3 is 1. The molecule has 0 aliphatic rings. The van der Waals surface area contributed by atoms with E-state index >= 15 is 0 Å². The Balaban J connectivity index is 2.15. The second kappa shape index (κ2) is 5.89. The van der Waals surface area contributed by atoms with Crippen LogP contribution in [0, 0.1) is 13.8 Å². The van der Waals surface area contributed by atoms with Crippen LogP contribution >= 0.6 is 0 Å². The molecule has 2 rings (SSSR count). The average molecular weight is 255 g/mol. The van der Waals surface area contributed by atoms with E-state index < -0.39 is 0 Å². The SMILES string of the molecule is COc1ccc(C(N)Cc2cc(C)ccc2C)cc1. The van der Waals surface area contributed by atoms with Crippen LogP contribution in [-0.4, -0.2) is 7.11 Å². The molecule has 0 aliphatic carbocycles. The first-order valence-electron chi connectivity index (χ1n) is 6.56. The number of rotatable bonds is 4. The van der Waals surface area contributed by atoms with Crippen molar-refractivity contribution < 1.29 is 4.74 Å². The minimum absolute atomic E-state index is 0.0198. The Labute approximate surface area is 115 Å². The number of aryl methyl sites for hydroxylation is 2. The molecule has 0 radical (unpaired) electrons. The maximum Gasteiger partial charge on any atom is 0.118 e. The molecule has 0 aromatic heterocycles. The normalized spacial score (nSPS) is 12.2. The predicted octanol–water partition coefficient (Wildman–Crippen LogP) is 3.55. The van der Waals surface area contributed by atoms with Crippen molar-refractivity contribution in [3.05, 3.63) is 64.7 Å². The van der Waals surface area contributed by atoms with E-state index in [2.05, 4.69) is 32.0 Å². The standard InChI is InChI=1S/C17H21NO/c1-12-4-5-13(2)15(10-12)11-17(18)14-6-8-16(19-3)9-7-14/h4-10,17H,11,18H2,1-3H3. The molecule has 2 aromatic rings. The molecule has 0 heterocycles. The highest BCUT2D eigenvalue weighted by Crippen LogP contribution is 2.21. The van der Waals surface area contributed by atoms with Gasteiger partial charge >= 0.3 is 0 Å². The van der Waals surface area contributed by atoms with E-state index in [4.69, 9.17) is 10.5 Å². The van der Waals surface area contributed by atoms with Crippen LogP contribution in [0.2, 0.25) is 0 Å². The van der Waals surface area contributed by atoms with Crippen molar-refractivity contribution in [3.63, 3.8) is 0 Å². The van der Waals surface area contributed by atoms with E-state index in [0.29, 0.717) is 0 Å². The van der Waals surface area contributed by atoms with Crippen LogP contribution in [0.15, 0.2) is 42.5 Å². The maximum absolute atomic E-state index is 6.30. The minimum atomic E-state index is 0.0198. The van der Waals surface area contributed by atoms with Crippen LogP contribution in [0.25, 0.3) is 0 Å². The summed E-state index contributed by atoms with van der Waals surface area (Å²) in [5, 5.41) is 0. The zero-order chi connectivity index (χ0) is 13.8. The lowest BCUT2D eigenvalue weighted by Gasteiger charge is -2.15. The molecule has 0 saturated heterocycles. The van der Waals surface area contributed by atoms with Crippen LogP contribution in [-0.2, 0) is 6.42 Å². The zero-order valence-corrected chi connectivity index (χ0v) is 11.8. The highest BCUT2D eigenvalue weighted by molar-refractivity contribution is 5.34. The largest absolute Gasteiger partial charge is 0.497 e. The first-order valence-corrected chi connectivity index (χ1v) is 6.56. The third-order valence-corrected chi connectivity index (χ3v) is 3.49. The number of benzene rings is 2. The molecule has 1 unspecified atom stereocenters. The van der Waals surface area contributed by atoms with Gasteiger partial charge in [0.05, 0.1) is 7.11 Å². The van der Waals surface area contributed by atoms with Gasteiger partial charge in [-0.1, -0.05) is 35.9 Å². The molecule has 0 fully saturated rings. The average Bonchev–Trinajstić information content (AvgIpc) is 2.43. The zero-order valence-electron chi connectivity index (χ0n) is 11.8. The Hall–Kier alpha value is -1.80. The monoisotopic (exact) mass is 255 g/mol. The van der Waals surface area contributed by atoms with E-state index in [-0.39, 0.29) is 6.04 Å². The Kier molecular flexibility index (Phi) is 4.23. The predicted molar refractivity (Wildman–Crippen MR) is 79.5 cm³/mol. The lowest BCUT2D eigenvalue weighted by Crippen LogP contribution is -2.14. The molecular formula is C17H21NO. The fourth-order valence-electron chi connectivity index (χ4n) is 2.23. The van der Waals surface area contributed by atoms with Crippen LogP contribution in [0.1, 0.15) is 28.3 Å². The molecule has 100 valence electrons. The van der Waals surface area contributed by atoms with Gasteiger partial charge in [0, 0.05) is 6.04 Å². The van der Waals surface area contributed by atoms with Gasteiger partial charge in [-0.25, -0.2) is 0 Å². The van der Waals surface area contributed by atoms with E-state index in [1.807, 2.05) is 24.3 Å². The topological polar surface area (TPSA) is 35.2 Å².